The van der Waals surface area contributed by atoms with E-state index in [-0.39, 0.29) is 5.91 Å². The van der Waals surface area contributed by atoms with Gasteiger partial charge < -0.3 is 9.80 Å². The zero-order valence-electron chi connectivity index (χ0n) is 16.8. The number of benzene rings is 1. The van der Waals surface area contributed by atoms with E-state index in [9.17, 15) is 4.79 Å². The van der Waals surface area contributed by atoms with Gasteiger partial charge in [-0.2, -0.15) is 0 Å². The Morgan fingerprint density at radius 3 is 2.50 bits per heavy atom. The number of carbonyl (C=O) groups excluding carboxylic acids is 1. The first-order chi connectivity index (χ1) is 13.5. The summed E-state index contributed by atoms with van der Waals surface area (Å²) in [4.78, 5) is 25.2. The molecule has 0 aliphatic carbocycles. The van der Waals surface area contributed by atoms with Crippen LogP contribution in [0.4, 0.5) is 0 Å². The number of rotatable bonds is 6. The predicted octanol–water partition coefficient (Wildman–Crippen LogP) is 2.33. The number of aromatic nitrogens is 2. The molecule has 0 saturated carbocycles. The molecule has 1 fully saturated rings. The molecule has 2 heterocycles. The lowest BCUT2D eigenvalue weighted by molar-refractivity contribution is -0.917. The molecule has 1 aromatic carbocycles. The Morgan fingerprint density at radius 2 is 1.89 bits per heavy atom. The van der Waals surface area contributed by atoms with E-state index in [0.29, 0.717) is 12.8 Å². The normalized spacial score (nSPS) is 15.1. The molecule has 0 radical (unpaired) electrons. The summed E-state index contributed by atoms with van der Waals surface area (Å²) in [6.45, 7) is 8.55. The first-order valence-electron chi connectivity index (χ1n) is 9.70. The van der Waals surface area contributed by atoms with Crippen molar-refractivity contribution in [2.75, 3.05) is 32.4 Å². The highest BCUT2D eigenvalue weighted by Gasteiger charge is 2.24. The van der Waals surface area contributed by atoms with Gasteiger partial charge in [0, 0.05) is 28.4 Å². The smallest absolute Gasteiger partial charge is 0.223 e. The van der Waals surface area contributed by atoms with Crippen molar-refractivity contribution in [3.63, 3.8) is 0 Å². The maximum Gasteiger partial charge on any atom is 0.223 e. The molecule has 0 bridgehead atoms. The van der Waals surface area contributed by atoms with Gasteiger partial charge in [-0.25, -0.2) is 9.97 Å². The number of aryl methyl sites for hydroxylation is 2. The van der Waals surface area contributed by atoms with Gasteiger partial charge in [-0.05, 0) is 44.2 Å². The molecular formula is C21H28ClN4OS+. The highest BCUT2D eigenvalue weighted by atomic mass is 35.5. The van der Waals surface area contributed by atoms with Crippen LogP contribution in [0.5, 0.6) is 0 Å². The van der Waals surface area contributed by atoms with Crippen molar-refractivity contribution >= 4 is 29.3 Å². The van der Waals surface area contributed by atoms with Crippen LogP contribution in [0.25, 0.3) is 0 Å². The number of nitrogens with one attached hydrogen (secondary N) is 1. The van der Waals surface area contributed by atoms with E-state index in [0.717, 1.165) is 59.9 Å². The van der Waals surface area contributed by atoms with E-state index in [1.54, 1.807) is 11.8 Å². The van der Waals surface area contributed by atoms with Crippen LogP contribution in [0, 0.1) is 13.8 Å². The molecule has 1 amide bonds. The minimum absolute atomic E-state index is 0.231. The number of carbonyl (C=O) groups is 1. The van der Waals surface area contributed by atoms with Crippen molar-refractivity contribution in [3.05, 3.63) is 51.8 Å². The third kappa shape index (κ3) is 5.46. The Hall–Kier alpha value is -1.63. The minimum Gasteiger partial charge on any atom is -0.331 e. The van der Waals surface area contributed by atoms with Crippen molar-refractivity contribution in [2.45, 2.75) is 38.4 Å². The van der Waals surface area contributed by atoms with E-state index in [2.05, 4.69) is 16.0 Å². The van der Waals surface area contributed by atoms with Crippen molar-refractivity contribution in [1.29, 1.82) is 0 Å². The number of amides is 1. The molecule has 1 aliphatic heterocycles. The summed E-state index contributed by atoms with van der Waals surface area (Å²) in [6.07, 6.45) is 3.21. The van der Waals surface area contributed by atoms with Crippen molar-refractivity contribution < 1.29 is 9.69 Å². The van der Waals surface area contributed by atoms with Crippen LogP contribution in [0.1, 0.15) is 28.9 Å². The second-order valence-corrected chi connectivity index (χ2v) is 8.51. The van der Waals surface area contributed by atoms with Crippen LogP contribution in [-0.2, 0) is 17.8 Å². The van der Waals surface area contributed by atoms with Gasteiger partial charge in [0.05, 0.1) is 26.2 Å². The van der Waals surface area contributed by atoms with Gasteiger partial charge in [-0.15, -0.1) is 0 Å². The lowest BCUT2D eigenvalue weighted by atomic mass is 10.1. The molecule has 1 aliphatic rings. The van der Waals surface area contributed by atoms with E-state index in [1.165, 1.54) is 10.5 Å². The lowest BCUT2D eigenvalue weighted by Gasteiger charge is -2.32. The summed E-state index contributed by atoms with van der Waals surface area (Å²) in [6, 6.07) is 8.04. The SMILES string of the molecule is CSc1nc(C)c(CCC(=O)N2CC[NH+](Cc3cccc(Cl)c3)CC2)c(C)n1. The number of hydrogen-bond donors (Lipinski definition) is 1. The summed E-state index contributed by atoms with van der Waals surface area (Å²) in [5, 5.41) is 1.58. The zero-order valence-corrected chi connectivity index (χ0v) is 18.4. The quantitative estimate of drug-likeness (QED) is 0.576. The molecule has 7 heteroatoms. The van der Waals surface area contributed by atoms with Gasteiger partial charge in [0.2, 0.25) is 5.91 Å². The van der Waals surface area contributed by atoms with Gasteiger partial charge in [-0.3, -0.25) is 4.79 Å². The lowest BCUT2D eigenvalue weighted by Crippen LogP contribution is -3.13. The maximum absolute atomic E-state index is 12.7. The summed E-state index contributed by atoms with van der Waals surface area (Å²) in [7, 11) is 0. The largest absolute Gasteiger partial charge is 0.331 e. The first-order valence-corrected chi connectivity index (χ1v) is 11.3. The average Bonchev–Trinajstić information content (AvgIpc) is 2.67. The fourth-order valence-corrected chi connectivity index (χ4v) is 4.41. The van der Waals surface area contributed by atoms with Gasteiger partial charge >= 0.3 is 0 Å². The molecule has 0 spiro atoms. The second kappa shape index (κ2) is 9.72. The minimum atomic E-state index is 0.231. The van der Waals surface area contributed by atoms with Crippen LogP contribution in [0.3, 0.4) is 0 Å². The Bertz CT molecular complexity index is 814. The van der Waals surface area contributed by atoms with Crippen molar-refractivity contribution in [3.8, 4) is 0 Å². The van der Waals surface area contributed by atoms with E-state index < -0.39 is 0 Å². The van der Waals surface area contributed by atoms with Gasteiger partial charge in [0.1, 0.15) is 6.54 Å². The monoisotopic (exact) mass is 419 g/mol. The third-order valence-electron chi connectivity index (χ3n) is 5.34. The number of piperazine rings is 1. The van der Waals surface area contributed by atoms with Gasteiger partial charge in [0.25, 0.3) is 0 Å². The number of hydrogen-bond acceptors (Lipinski definition) is 4. The average molecular weight is 420 g/mol. The molecule has 0 unspecified atom stereocenters. The molecule has 3 rings (SSSR count). The van der Waals surface area contributed by atoms with E-state index in [1.807, 2.05) is 43.2 Å². The Balaban J connectivity index is 1.49. The topological polar surface area (TPSA) is 50.5 Å². The molecule has 150 valence electrons. The number of nitrogens with zero attached hydrogens (tertiary/aromatic N) is 3. The molecule has 0 atom stereocenters. The summed E-state index contributed by atoms with van der Waals surface area (Å²) in [5.41, 5.74) is 4.33. The Kier molecular flexibility index (Phi) is 7.32. The second-order valence-electron chi connectivity index (χ2n) is 7.30. The van der Waals surface area contributed by atoms with E-state index >= 15 is 0 Å². The van der Waals surface area contributed by atoms with Gasteiger partial charge in [0.15, 0.2) is 5.16 Å². The summed E-state index contributed by atoms with van der Waals surface area (Å²) < 4.78 is 0. The highest BCUT2D eigenvalue weighted by Crippen LogP contribution is 2.17. The Morgan fingerprint density at radius 1 is 1.21 bits per heavy atom. The summed E-state index contributed by atoms with van der Waals surface area (Å²) >= 11 is 7.63. The fraction of sp³-hybridized carbons (Fsp3) is 0.476. The molecule has 2 aromatic rings. The van der Waals surface area contributed by atoms with Crippen LogP contribution in [0.2, 0.25) is 5.02 Å². The molecule has 1 saturated heterocycles. The Labute approximate surface area is 176 Å². The molecule has 28 heavy (non-hydrogen) atoms. The predicted molar refractivity (Wildman–Crippen MR) is 114 cm³/mol. The van der Waals surface area contributed by atoms with Gasteiger partial charge in [-0.1, -0.05) is 35.5 Å². The maximum atomic E-state index is 12.7. The first kappa shape index (κ1) is 21.1. The zero-order chi connectivity index (χ0) is 20.1. The molecular weight excluding hydrogens is 392 g/mol. The van der Waals surface area contributed by atoms with Crippen LogP contribution < -0.4 is 4.90 Å². The van der Waals surface area contributed by atoms with E-state index in [4.69, 9.17) is 11.6 Å². The molecule has 1 aromatic heterocycles. The van der Waals surface area contributed by atoms with Crippen LogP contribution >= 0.6 is 23.4 Å². The van der Waals surface area contributed by atoms with Crippen molar-refractivity contribution in [2.24, 2.45) is 0 Å². The molecule has 5 nitrogen and oxygen atoms in total. The van der Waals surface area contributed by atoms with Crippen LogP contribution in [-0.4, -0.2) is 53.2 Å². The van der Waals surface area contributed by atoms with Crippen molar-refractivity contribution in [1.82, 2.24) is 14.9 Å². The number of halogens is 1. The van der Waals surface area contributed by atoms with Crippen LogP contribution in [0.15, 0.2) is 29.4 Å². The fourth-order valence-electron chi connectivity index (χ4n) is 3.74. The highest BCUT2D eigenvalue weighted by molar-refractivity contribution is 7.98. The number of quaternary nitrogens is 1. The molecule has 1 N–H and O–H groups in total. The summed E-state index contributed by atoms with van der Waals surface area (Å²) in [5.74, 6) is 0.231. The standard InChI is InChI=1S/C21H27ClN4OS/c1-15-19(16(2)24-21(23-15)28-3)7-8-20(27)26-11-9-25(10-12-26)14-17-5-4-6-18(22)13-17/h4-6,13H,7-12,14H2,1-3H3/p+1. The third-order valence-corrected chi connectivity index (χ3v) is 6.12. The number of thioether (sulfide) groups is 1.